The van der Waals surface area contributed by atoms with Gasteiger partial charge in [0, 0.05) is 31.9 Å². The zero-order valence-electron chi connectivity index (χ0n) is 14.9. The molecule has 2 heterocycles. The van der Waals surface area contributed by atoms with E-state index in [1.165, 1.54) is 0 Å². The van der Waals surface area contributed by atoms with Gasteiger partial charge >= 0.3 is 0 Å². The largest absolute Gasteiger partial charge is 0.369 e. The average Bonchev–Trinajstić information content (AvgIpc) is 2.67. The van der Waals surface area contributed by atoms with E-state index in [4.69, 9.17) is 0 Å². The molecule has 0 saturated carbocycles. The first-order valence-corrected chi connectivity index (χ1v) is 8.90. The van der Waals surface area contributed by atoms with Gasteiger partial charge in [-0.15, -0.1) is 0 Å². The van der Waals surface area contributed by atoms with Crippen molar-refractivity contribution >= 4 is 28.7 Å². The molecule has 0 amide bonds. The first-order chi connectivity index (χ1) is 12.7. The second-order valence-corrected chi connectivity index (χ2v) is 6.69. The van der Waals surface area contributed by atoms with Crippen molar-refractivity contribution in [2.75, 3.05) is 38.1 Å². The van der Waals surface area contributed by atoms with Crippen molar-refractivity contribution < 1.29 is 0 Å². The van der Waals surface area contributed by atoms with E-state index in [9.17, 15) is 4.79 Å². The molecule has 26 heavy (non-hydrogen) atoms. The third-order valence-corrected chi connectivity index (χ3v) is 4.81. The van der Waals surface area contributed by atoms with Crippen LogP contribution in [0.15, 0.2) is 53.3 Å². The SMILES string of the molecule is CN1CCN(c2ccc3c(=O)[nH]c(/C=C/c4ccccc4)nc3c2)CC1. The predicted octanol–water partition coefficient (Wildman–Crippen LogP) is 2.85. The summed E-state index contributed by atoms with van der Waals surface area (Å²) in [5.74, 6) is 0.571. The summed E-state index contributed by atoms with van der Waals surface area (Å²) in [5, 5.41) is 0.625. The molecule has 1 aliphatic heterocycles. The Morgan fingerprint density at radius 3 is 2.54 bits per heavy atom. The Balaban J connectivity index is 1.66. The predicted molar refractivity (Wildman–Crippen MR) is 107 cm³/mol. The monoisotopic (exact) mass is 346 g/mol. The minimum absolute atomic E-state index is 0.104. The van der Waals surface area contributed by atoms with Gasteiger partial charge in [0.2, 0.25) is 0 Å². The topological polar surface area (TPSA) is 52.2 Å². The summed E-state index contributed by atoms with van der Waals surface area (Å²) in [7, 11) is 2.14. The fourth-order valence-electron chi connectivity index (χ4n) is 3.23. The number of hydrogen-bond acceptors (Lipinski definition) is 4. The van der Waals surface area contributed by atoms with Gasteiger partial charge in [0.05, 0.1) is 10.9 Å². The quantitative estimate of drug-likeness (QED) is 0.792. The van der Waals surface area contributed by atoms with Gasteiger partial charge in [-0.1, -0.05) is 36.4 Å². The Bertz CT molecular complexity index is 986. The van der Waals surface area contributed by atoms with Crippen LogP contribution >= 0.6 is 0 Å². The molecule has 132 valence electrons. The van der Waals surface area contributed by atoms with Crippen molar-refractivity contribution in [2.45, 2.75) is 0 Å². The molecule has 5 heteroatoms. The Kier molecular flexibility index (Phi) is 4.54. The summed E-state index contributed by atoms with van der Waals surface area (Å²) in [5.41, 5.74) is 2.83. The van der Waals surface area contributed by atoms with Crippen molar-refractivity contribution in [2.24, 2.45) is 0 Å². The van der Waals surface area contributed by atoms with E-state index in [0.29, 0.717) is 11.2 Å². The molecule has 0 unspecified atom stereocenters. The number of aromatic nitrogens is 2. The van der Waals surface area contributed by atoms with Gasteiger partial charge in [-0.05, 0) is 36.9 Å². The van der Waals surface area contributed by atoms with Gasteiger partial charge in [-0.2, -0.15) is 0 Å². The van der Waals surface area contributed by atoms with Crippen LogP contribution in [0.2, 0.25) is 0 Å². The Morgan fingerprint density at radius 1 is 1.00 bits per heavy atom. The highest BCUT2D eigenvalue weighted by Crippen LogP contribution is 2.20. The standard InChI is InChI=1S/C21H22N4O/c1-24-11-13-25(14-12-24)17-8-9-18-19(15-17)22-20(23-21(18)26)10-7-16-5-3-2-4-6-16/h2-10,15H,11-14H2,1H3,(H,22,23,26)/b10-7+. The Hall–Kier alpha value is -2.92. The van der Waals surface area contributed by atoms with Crippen LogP contribution in [0.3, 0.4) is 0 Å². The van der Waals surface area contributed by atoms with Crippen LogP contribution in [0.1, 0.15) is 11.4 Å². The van der Waals surface area contributed by atoms with E-state index in [0.717, 1.165) is 42.9 Å². The Morgan fingerprint density at radius 2 is 1.77 bits per heavy atom. The highest BCUT2D eigenvalue weighted by atomic mass is 16.1. The number of piperazine rings is 1. The molecule has 1 saturated heterocycles. The molecule has 0 bridgehead atoms. The molecule has 4 rings (SSSR count). The molecule has 3 aromatic rings. The zero-order valence-corrected chi connectivity index (χ0v) is 14.9. The summed E-state index contributed by atoms with van der Waals surface area (Å²) in [4.78, 5) is 24.6. The summed E-state index contributed by atoms with van der Waals surface area (Å²) in [6.07, 6.45) is 3.80. The van der Waals surface area contributed by atoms with Gasteiger partial charge in [0.25, 0.3) is 5.56 Å². The van der Waals surface area contributed by atoms with E-state index in [-0.39, 0.29) is 5.56 Å². The molecule has 1 aromatic heterocycles. The fourth-order valence-corrected chi connectivity index (χ4v) is 3.23. The van der Waals surface area contributed by atoms with Gasteiger partial charge in [0.1, 0.15) is 5.82 Å². The number of anilines is 1. The van der Waals surface area contributed by atoms with E-state index in [1.54, 1.807) is 0 Å². The third kappa shape index (κ3) is 3.53. The second-order valence-electron chi connectivity index (χ2n) is 6.69. The number of H-pyrrole nitrogens is 1. The smallest absolute Gasteiger partial charge is 0.259 e. The van der Waals surface area contributed by atoms with Gasteiger partial charge in [0.15, 0.2) is 0 Å². The van der Waals surface area contributed by atoms with Gasteiger partial charge in [-0.25, -0.2) is 4.98 Å². The van der Waals surface area contributed by atoms with Crippen molar-refractivity contribution in [1.82, 2.24) is 14.9 Å². The lowest BCUT2D eigenvalue weighted by atomic mass is 10.2. The molecule has 0 atom stereocenters. The lowest BCUT2D eigenvalue weighted by molar-refractivity contribution is 0.313. The Labute approximate surface area is 152 Å². The molecule has 1 N–H and O–H groups in total. The maximum atomic E-state index is 12.4. The van der Waals surface area contributed by atoms with Crippen LogP contribution in [-0.4, -0.2) is 48.1 Å². The summed E-state index contributed by atoms with van der Waals surface area (Å²) < 4.78 is 0. The minimum Gasteiger partial charge on any atom is -0.369 e. The maximum Gasteiger partial charge on any atom is 0.259 e. The molecule has 0 aliphatic carbocycles. The van der Waals surface area contributed by atoms with Crippen LogP contribution in [-0.2, 0) is 0 Å². The zero-order chi connectivity index (χ0) is 17.9. The van der Waals surface area contributed by atoms with Crippen molar-refractivity contribution in [3.05, 3.63) is 70.3 Å². The molecular weight excluding hydrogens is 324 g/mol. The molecule has 0 spiro atoms. The number of likely N-dealkylation sites (N-methyl/N-ethyl adjacent to an activating group) is 1. The molecule has 0 radical (unpaired) electrons. The molecule has 2 aromatic carbocycles. The minimum atomic E-state index is -0.104. The van der Waals surface area contributed by atoms with Crippen LogP contribution in [0.4, 0.5) is 5.69 Å². The maximum absolute atomic E-state index is 12.4. The number of nitrogens with zero attached hydrogens (tertiary/aromatic N) is 3. The van der Waals surface area contributed by atoms with E-state index < -0.39 is 0 Å². The molecule has 1 aliphatic rings. The van der Waals surface area contributed by atoms with E-state index >= 15 is 0 Å². The average molecular weight is 346 g/mol. The summed E-state index contributed by atoms with van der Waals surface area (Å²) in [6.45, 7) is 4.08. The van der Waals surface area contributed by atoms with Gasteiger partial charge in [-0.3, -0.25) is 4.79 Å². The molecular formula is C21H22N4O. The number of nitrogens with one attached hydrogen (secondary N) is 1. The van der Waals surface area contributed by atoms with Crippen molar-refractivity contribution in [3.63, 3.8) is 0 Å². The number of benzene rings is 2. The molecule has 1 fully saturated rings. The van der Waals surface area contributed by atoms with Crippen LogP contribution in [0.25, 0.3) is 23.1 Å². The first-order valence-electron chi connectivity index (χ1n) is 8.90. The number of rotatable bonds is 3. The summed E-state index contributed by atoms with van der Waals surface area (Å²) in [6, 6.07) is 15.9. The van der Waals surface area contributed by atoms with Crippen LogP contribution < -0.4 is 10.5 Å². The lowest BCUT2D eigenvalue weighted by Gasteiger charge is -2.34. The molecule has 5 nitrogen and oxygen atoms in total. The van der Waals surface area contributed by atoms with E-state index in [1.807, 2.05) is 60.7 Å². The fraction of sp³-hybridized carbons (Fsp3) is 0.238. The number of hydrogen-bond donors (Lipinski definition) is 1. The highest BCUT2D eigenvalue weighted by Gasteiger charge is 2.15. The van der Waals surface area contributed by atoms with Crippen LogP contribution in [0.5, 0.6) is 0 Å². The number of aromatic amines is 1. The van der Waals surface area contributed by atoms with Crippen molar-refractivity contribution in [3.8, 4) is 0 Å². The first kappa shape index (κ1) is 16.5. The second kappa shape index (κ2) is 7.14. The normalized spacial score (nSPS) is 15.8. The van der Waals surface area contributed by atoms with E-state index in [2.05, 4.69) is 26.8 Å². The van der Waals surface area contributed by atoms with Crippen molar-refractivity contribution in [1.29, 1.82) is 0 Å². The highest BCUT2D eigenvalue weighted by molar-refractivity contribution is 5.82. The lowest BCUT2D eigenvalue weighted by Crippen LogP contribution is -2.44. The van der Waals surface area contributed by atoms with Gasteiger partial charge < -0.3 is 14.8 Å². The summed E-state index contributed by atoms with van der Waals surface area (Å²) >= 11 is 0. The van der Waals surface area contributed by atoms with Crippen LogP contribution in [0, 0.1) is 0 Å². The third-order valence-electron chi connectivity index (χ3n) is 4.81. The number of fused-ring (bicyclic) bond motifs is 1.